The maximum atomic E-state index is 10.5. The number of nitrogens with zero attached hydrogens (tertiary/aromatic N) is 1. The van der Waals surface area contributed by atoms with E-state index in [-0.39, 0.29) is 11.3 Å². The molecule has 1 aromatic heterocycles. The number of pyridine rings is 1. The van der Waals surface area contributed by atoms with Gasteiger partial charge in [-0.05, 0) is 6.07 Å². The number of hydrogen-bond acceptors (Lipinski definition) is 3. The molecule has 0 aliphatic rings. The molecule has 0 atom stereocenters. The van der Waals surface area contributed by atoms with Crippen LogP contribution in [0.4, 0.5) is 0 Å². The van der Waals surface area contributed by atoms with Crippen molar-refractivity contribution in [3.63, 3.8) is 0 Å². The minimum Gasteiger partial charge on any atom is -0.494 e. The summed E-state index contributed by atoms with van der Waals surface area (Å²) in [5.74, 6) is -0.732. The Morgan fingerprint density at radius 3 is 2.91 bits per heavy atom. The monoisotopic (exact) mass is 153 g/mol. The fraction of sp³-hybridized carbons (Fsp3) is 0.143. The fourth-order valence-electron chi connectivity index (χ4n) is 0.719. The van der Waals surface area contributed by atoms with Crippen LogP contribution in [-0.2, 0) is 0 Å². The Morgan fingerprint density at radius 2 is 2.45 bits per heavy atom. The van der Waals surface area contributed by atoms with Crippen molar-refractivity contribution in [2.24, 2.45) is 0 Å². The normalized spacial score (nSPS) is 9.18. The molecule has 0 aliphatic carbocycles. The van der Waals surface area contributed by atoms with Crippen molar-refractivity contribution in [3.05, 3.63) is 24.0 Å². The number of carboxylic acids is 1. The van der Waals surface area contributed by atoms with Crippen LogP contribution in [0.1, 0.15) is 10.4 Å². The molecule has 4 heteroatoms. The Morgan fingerprint density at radius 1 is 1.73 bits per heavy atom. The van der Waals surface area contributed by atoms with E-state index >= 15 is 0 Å². The number of carboxylic acid groups (broad SMARTS) is 1. The number of ether oxygens (including phenoxy) is 1. The highest BCUT2D eigenvalue weighted by atomic mass is 16.5. The molecule has 0 unspecified atom stereocenters. The zero-order valence-electron chi connectivity index (χ0n) is 5.94. The molecule has 1 aromatic rings. The highest BCUT2D eigenvalue weighted by molar-refractivity contribution is 5.90. The van der Waals surface area contributed by atoms with Gasteiger partial charge in [0.15, 0.2) is 5.75 Å². The molecule has 0 aromatic carbocycles. The van der Waals surface area contributed by atoms with Gasteiger partial charge in [0.2, 0.25) is 0 Å². The van der Waals surface area contributed by atoms with E-state index in [1.807, 2.05) is 0 Å². The lowest BCUT2D eigenvalue weighted by atomic mass is 10.2. The summed E-state index contributed by atoms with van der Waals surface area (Å²) >= 11 is 0. The summed E-state index contributed by atoms with van der Waals surface area (Å²) in [4.78, 5) is 14.2. The SMILES string of the molecule is COc1cnccc1C(=O)O. The average Bonchev–Trinajstić information content (AvgIpc) is 2.04. The fourth-order valence-corrected chi connectivity index (χ4v) is 0.719. The summed E-state index contributed by atoms with van der Waals surface area (Å²) in [6.07, 6.45) is 2.77. The summed E-state index contributed by atoms with van der Waals surface area (Å²) in [5.41, 5.74) is 0.127. The van der Waals surface area contributed by atoms with Crippen LogP contribution in [0.2, 0.25) is 0 Å². The molecule has 4 nitrogen and oxygen atoms in total. The lowest BCUT2D eigenvalue weighted by Gasteiger charge is -2.01. The minimum atomic E-state index is -1.01. The van der Waals surface area contributed by atoms with Gasteiger partial charge >= 0.3 is 5.97 Å². The zero-order valence-corrected chi connectivity index (χ0v) is 5.94. The van der Waals surface area contributed by atoms with Gasteiger partial charge in [0.1, 0.15) is 5.56 Å². The van der Waals surface area contributed by atoms with Crippen molar-refractivity contribution >= 4 is 5.97 Å². The molecule has 0 bridgehead atoms. The van der Waals surface area contributed by atoms with Gasteiger partial charge in [0.05, 0.1) is 13.3 Å². The van der Waals surface area contributed by atoms with E-state index in [4.69, 9.17) is 9.84 Å². The van der Waals surface area contributed by atoms with Crippen LogP contribution in [0.5, 0.6) is 5.75 Å². The molecule has 0 saturated heterocycles. The van der Waals surface area contributed by atoms with Crippen molar-refractivity contribution < 1.29 is 14.6 Å². The van der Waals surface area contributed by atoms with Crippen molar-refractivity contribution in [3.8, 4) is 5.75 Å². The molecule has 58 valence electrons. The van der Waals surface area contributed by atoms with Crippen LogP contribution in [0, 0.1) is 0 Å². The van der Waals surface area contributed by atoms with Crippen molar-refractivity contribution in [1.82, 2.24) is 4.98 Å². The molecule has 0 aliphatic heterocycles. The van der Waals surface area contributed by atoms with Crippen molar-refractivity contribution in [2.45, 2.75) is 0 Å². The Kier molecular flexibility index (Phi) is 2.06. The van der Waals surface area contributed by atoms with Crippen molar-refractivity contribution in [1.29, 1.82) is 0 Å². The third-order valence-electron chi connectivity index (χ3n) is 1.23. The van der Waals surface area contributed by atoms with Gasteiger partial charge in [-0.25, -0.2) is 4.79 Å². The number of aromatic carboxylic acids is 1. The smallest absolute Gasteiger partial charge is 0.339 e. The largest absolute Gasteiger partial charge is 0.494 e. The molecule has 0 radical (unpaired) electrons. The third kappa shape index (κ3) is 1.46. The second kappa shape index (κ2) is 3.01. The highest BCUT2D eigenvalue weighted by Gasteiger charge is 2.08. The molecule has 0 amide bonds. The maximum Gasteiger partial charge on any atom is 0.339 e. The molecule has 1 N–H and O–H groups in total. The van der Waals surface area contributed by atoms with Crippen LogP contribution in [0.25, 0.3) is 0 Å². The van der Waals surface area contributed by atoms with E-state index in [0.29, 0.717) is 0 Å². The van der Waals surface area contributed by atoms with Gasteiger partial charge in [-0.3, -0.25) is 4.98 Å². The van der Waals surface area contributed by atoms with E-state index in [1.54, 1.807) is 0 Å². The molecule has 1 rings (SSSR count). The first kappa shape index (κ1) is 7.53. The summed E-state index contributed by atoms with van der Waals surface area (Å²) in [5, 5.41) is 8.59. The maximum absolute atomic E-state index is 10.5. The van der Waals surface area contributed by atoms with Crippen molar-refractivity contribution in [2.75, 3.05) is 7.11 Å². The van der Waals surface area contributed by atoms with Gasteiger partial charge < -0.3 is 9.84 Å². The quantitative estimate of drug-likeness (QED) is 0.682. The molecule has 11 heavy (non-hydrogen) atoms. The van der Waals surface area contributed by atoms with E-state index in [0.717, 1.165) is 0 Å². The first-order valence-corrected chi connectivity index (χ1v) is 2.97. The first-order chi connectivity index (χ1) is 5.25. The van der Waals surface area contributed by atoms with E-state index in [2.05, 4.69) is 4.98 Å². The predicted octanol–water partition coefficient (Wildman–Crippen LogP) is 0.788. The number of hydrogen-bond donors (Lipinski definition) is 1. The summed E-state index contributed by atoms with van der Waals surface area (Å²) in [6.45, 7) is 0. The number of aromatic nitrogens is 1. The topological polar surface area (TPSA) is 59.4 Å². The Labute approximate surface area is 63.5 Å². The zero-order chi connectivity index (χ0) is 8.27. The number of rotatable bonds is 2. The molecule has 0 fully saturated rings. The van der Waals surface area contributed by atoms with Gasteiger partial charge in [-0.2, -0.15) is 0 Å². The second-order valence-electron chi connectivity index (χ2n) is 1.88. The molecule has 0 spiro atoms. The summed E-state index contributed by atoms with van der Waals surface area (Å²) in [7, 11) is 1.41. The lowest BCUT2D eigenvalue weighted by Crippen LogP contribution is -2.00. The Hall–Kier alpha value is -1.58. The van der Waals surface area contributed by atoms with Crippen LogP contribution in [-0.4, -0.2) is 23.2 Å². The minimum absolute atomic E-state index is 0.127. The molecular weight excluding hydrogens is 146 g/mol. The first-order valence-electron chi connectivity index (χ1n) is 2.97. The highest BCUT2D eigenvalue weighted by Crippen LogP contribution is 2.14. The number of methoxy groups -OCH3 is 1. The van der Waals surface area contributed by atoms with Crippen LogP contribution < -0.4 is 4.74 Å². The average molecular weight is 153 g/mol. The van der Waals surface area contributed by atoms with Gasteiger partial charge in [-0.15, -0.1) is 0 Å². The van der Waals surface area contributed by atoms with Gasteiger partial charge in [0, 0.05) is 6.20 Å². The van der Waals surface area contributed by atoms with Crippen LogP contribution >= 0.6 is 0 Å². The van der Waals surface area contributed by atoms with Crippen LogP contribution in [0.3, 0.4) is 0 Å². The Bertz CT molecular complexity index is 272. The summed E-state index contributed by atoms with van der Waals surface area (Å²) < 4.78 is 4.76. The van der Waals surface area contributed by atoms with E-state index < -0.39 is 5.97 Å². The molecule has 0 saturated carbocycles. The van der Waals surface area contributed by atoms with Crippen LogP contribution in [0.15, 0.2) is 18.5 Å². The third-order valence-corrected chi connectivity index (χ3v) is 1.23. The molecular formula is C7H7NO3. The van der Waals surface area contributed by atoms with Gasteiger partial charge in [-0.1, -0.05) is 0 Å². The molecule has 1 heterocycles. The second-order valence-corrected chi connectivity index (χ2v) is 1.88. The number of carbonyl (C=O) groups is 1. The predicted molar refractivity (Wildman–Crippen MR) is 37.7 cm³/mol. The van der Waals surface area contributed by atoms with Gasteiger partial charge in [0.25, 0.3) is 0 Å². The lowest BCUT2D eigenvalue weighted by molar-refractivity contribution is 0.0693. The summed E-state index contributed by atoms with van der Waals surface area (Å²) in [6, 6.07) is 1.39. The standard InChI is InChI=1S/C7H7NO3/c1-11-6-4-8-3-2-5(6)7(9)10/h2-4H,1H3,(H,9,10). The Balaban J connectivity index is 3.12. The van der Waals surface area contributed by atoms with E-state index in [1.165, 1.54) is 25.6 Å². The van der Waals surface area contributed by atoms with E-state index in [9.17, 15) is 4.79 Å².